The molecule has 1 heterocycles. The van der Waals surface area contributed by atoms with Gasteiger partial charge in [0, 0.05) is 17.1 Å². The molecule has 0 amide bonds. The molecule has 0 fully saturated rings. The average Bonchev–Trinajstić information content (AvgIpc) is 2.55. The largest absolute Gasteiger partial charge is 0.390 e. The number of aliphatic hydroxyl groups excluding tert-OH is 1. The van der Waals surface area contributed by atoms with Crippen LogP contribution in [0.4, 0.5) is 0 Å². The van der Waals surface area contributed by atoms with Crippen molar-refractivity contribution in [1.29, 1.82) is 0 Å². The highest BCUT2D eigenvalue weighted by Crippen LogP contribution is 2.29. The van der Waals surface area contributed by atoms with Gasteiger partial charge in [0.15, 0.2) is 5.15 Å². The number of hydrogen-bond acceptors (Lipinski definition) is 2. The molecule has 0 bridgehead atoms. The fourth-order valence-corrected chi connectivity index (χ4v) is 2.28. The SMILES string of the molecule is Cn1c(-c2ccccc2Br)nc(Cl)c1CO. The van der Waals surface area contributed by atoms with Crippen LogP contribution in [-0.2, 0) is 13.7 Å². The molecule has 0 aliphatic rings. The molecule has 0 atom stereocenters. The first-order valence-electron chi connectivity index (χ1n) is 4.72. The first-order valence-corrected chi connectivity index (χ1v) is 5.89. The number of benzene rings is 1. The van der Waals surface area contributed by atoms with Gasteiger partial charge in [0.1, 0.15) is 5.82 Å². The van der Waals surface area contributed by atoms with Crippen LogP contribution in [0.2, 0.25) is 5.15 Å². The second-order valence-electron chi connectivity index (χ2n) is 3.37. The van der Waals surface area contributed by atoms with E-state index < -0.39 is 0 Å². The highest BCUT2D eigenvalue weighted by molar-refractivity contribution is 9.10. The van der Waals surface area contributed by atoms with Crippen LogP contribution in [0.5, 0.6) is 0 Å². The van der Waals surface area contributed by atoms with Gasteiger partial charge in [-0.15, -0.1) is 0 Å². The lowest BCUT2D eigenvalue weighted by Crippen LogP contribution is -1.98. The lowest BCUT2D eigenvalue weighted by Gasteiger charge is -2.05. The van der Waals surface area contributed by atoms with E-state index >= 15 is 0 Å². The average molecular weight is 302 g/mol. The Hall–Kier alpha value is -0.840. The minimum absolute atomic E-state index is 0.118. The summed E-state index contributed by atoms with van der Waals surface area (Å²) >= 11 is 9.41. The van der Waals surface area contributed by atoms with Gasteiger partial charge in [0.25, 0.3) is 0 Å². The number of hydrogen-bond donors (Lipinski definition) is 1. The van der Waals surface area contributed by atoms with Crippen molar-refractivity contribution in [2.75, 3.05) is 0 Å². The summed E-state index contributed by atoms with van der Waals surface area (Å²) in [7, 11) is 1.83. The number of imidazole rings is 1. The van der Waals surface area contributed by atoms with Gasteiger partial charge in [0.2, 0.25) is 0 Å². The Morgan fingerprint density at radius 3 is 2.69 bits per heavy atom. The van der Waals surface area contributed by atoms with Crippen LogP contribution in [0.3, 0.4) is 0 Å². The van der Waals surface area contributed by atoms with Gasteiger partial charge < -0.3 is 9.67 Å². The van der Waals surface area contributed by atoms with E-state index in [9.17, 15) is 5.11 Å². The lowest BCUT2D eigenvalue weighted by atomic mass is 10.2. The molecule has 2 rings (SSSR count). The summed E-state index contributed by atoms with van der Waals surface area (Å²) in [5, 5.41) is 9.52. The van der Waals surface area contributed by atoms with Crippen molar-refractivity contribution in [3.63, 3.8) is 0 Å². The molecule has 2 aromatic rings. The third-order valence-electron chi connectivity index (χ3n) is 2.43. The van der Waals surface area contributed by atoms with E-state index in [4.69, 9.17) is 11.6 Å². The monoisotopic (exact) mass is 300 g/mol. The summed E-state index contributed by atoms with van der Waals surface area (Å²) in [5.41, 5.74) is 1.57. The molecule has 0 spiro atoms. The van der Waals surface area contributed by atoms with Crippen LogP contribution in [0, 0.1) is 0 Å². The maximum atomic E-state index is 9.17. The van der Waals surface area contributed by atoms with Crippen molar-refractivity contribution >= 4 is 27.5 Å². The van der Waals surface area contributed by atoms with Crippen LogP contribution in [0.15, 0.2) is 28.7 Å². The maximum absolute atomic E-state index is 9.17. The quantitative estimate of drug-likeness (QED) is 0.926. The molecule has 1 aromatic carbocycles. The van der Waals surface area contributed by atoms with Gasteiger partial charge in [-0.05, 0) is 6.07 Å². The zero-order valence-electron chi connectivity index (χ0n) is 8.61. The van der Waals surface area contributed by atoms with Crippen LogP contribution in [0.25, 0.3) is 11.4 Å². The van der Waals surface area contributed by atoms with E-state index in [0.717, 1.165) is 15.9 Å². The molecular weight excluding hydrogens is 291 g/mol. The van der Waals surface area contributed by atoms with Gasteiger partial charge in [-0.25, -0.2) is 4.98 Å². The number of halogens is 2. The summed E-state index contributed by atoms with van der Waals surface area (Å²) in [6.07, 6.45) is 0. The first kappa shape index (κ1) is 11.6. The Kier molecular flexibility index (Phi) is 3.33. The van der Waals surface area contributed by atoms with Gasteiger partial charge in [-0.2, -0.15) is 0 Å². The lowest BCUT2D eigenvalue weighted by molar-refractivity contribution is 0.273. The fraction of sp³-hybridized carbons (Fsp3) is 0.182. The minimum Gasteiger partial charge on any atom is -0.390 e. The Labute approximate surface area is 107 Å². The molecule has 1 N–H and O–H groups in total. The summed E-state index contributed by atoms with van der Waals surface area (Å²) in [5.74, 6) is 0.738. The first-order chi connectivity index (χ1) is 7.65. The van der Waals surface area contributed by atoms with E-state index in [2.05, 4.69) is 20.9 Å². The van der Waals surface area contributed by atoms with Gasteiger partial charge >= 0.3 is 0 Å². The molecule has 5 heteroatoms. The topological polar surface area (TPSA) is 38.0 Å². The van der Waals surface area contributed by atoms with Crippen molar-refractivity contribution in [1.82, 2.24) is 9.55 Å². The van der Waals surface area contributed by atoms with Crippen LogP contribution >= 0.6 is 27.5 Å². The Morgan fingerprint density at radius 1 is 1.44 bits per heavy atom. The van der Waals surface area contributed by atoms with Crippen molar-refractivity contribution in [2.45, 2.75) is 6.61 Å². The number of rotatable bonds is 2. The normalized spacial score (nSPS) is 10.8. The molecule has 0 radical (unpaired) electrons. The summed E-state index contributed by atoms with van der Waals surface area (Å²) in [4.78, 5) is 4.25. The summed E-state index contributed by atoms with van der Waals surface area (Å²) in [6, 6.07) is 7.76. The Balaban J connectivity index is 2.62. The Morgan fingerprint density at radius 2 is 2.12 bits per heavy atom. The predicted octanol–water partition coefficient (Wildman–Crippen LogP) is 3.00. The molecule has 0 aliphatic carbocycles. The second kappa shape index (κ2) is 4.57. The second-order valence-corrected chi connectivity index (χ2v) is 4.58. The Bertz CT molecular complexity index is 525. The molecule has 3 nitrogen and oxygen atoms in total. The van der Waals surface area contributed by atoms with Crippen molar-refractivity contribution in [2.24, 2.45) is 7.05 Å². The van der Waals surface area contributed by atoms with Crippen LogP contribution in [-0.4, -0.2) is 14.7 Å². The molecule has 16 heavy (non-hydrogen) atoms. The summed E-state index contributed by atoms with van der Waals surface area (Å²) in [6.45, 7) is -0.118. The molecule has 84 valence electrons. The minimum atomic E-state index is -0.118. The van der Waals surface area contributed by atoms with Crippen molar-refractivity contribution in [3.05, 3.63) is 39.6 Å². The number of aromatic nitrogens is 2. The molecule has 0 saturated carbocycles. The summed E-state index contributed by atoms with van der Waals surface area (Å²) < 4.78 is 2.74. The standard InChI is InChI=1S/C11H10BrClN2O/c1-15-9(6-16)10(13)14-11(15)7-4-2-3-5-8(7)12/h2-5,16H,6H2,1H3. The van der Waals surface area contributed by atoms with E-state index in [1.807, 2.05) is 31.3 Å². The van der Waals surface area contributed by atoms with Gasteiger partial charge in [0.05, 0.1) is 12.3 Å². The number of nitrogens with zero attached hydrogens (tertiary/aromatic N) is 2. The van der Waals surface area contributed by atoms with E-state index in [1.54, 1.807) is 4.57 Å². The smallest absolute Gasteiger partial charge is 0.153 e. The third kappa shape index (κ3) is 1.88. The zero-order valence-corrected chi connectivity index (χ0v) is 11.0. The highest BCUT2D eigenvalue weighted by Gasteiger charge is 2.15. The molecular formula is C11H10BrClN2O. The third-order valence-corrected chi connectivity index (χ3v) is 3.42. The highest BCUT2D eigenvalue weighted by atomic mass is 79.9. The van der Waals surface area contributed by atoms with Crippen LogP contribution < -0.4 is 0 Å². The molecule has 0 aliphatic heterocycles. The molecule has 1 aromatic heterocycles. The van der Waals surface area contributed by atoms with Crippen molar-refractivity contribution in [3.8, 4) is 11.4 Å². The molecule has 0 unspecified atom stereocenters. The van der Waals surface area contributed by atoms with Gasteiger partial charge in [-0.1, -0.05) is 45.7 Å². The van der Waals surface area contributed by atoms with E-state index in [-0.39, 0.29) is 6.61 Å². The van der Waals surface area contributed by atoms with Gasteiger partial charge in [-0.3, -0.25) is 0 Å². The zero-order chi connectivity index (χ0) is 11.7. The fourth-order valence-electron chi connectivity index (χ4n) is 1.55. The molecule has 0 saturated heterocycles. The van der Waals surface area contributed by atoms with E-state index in [0.29, 0.717) is 10.8 Å². The maximum Gasteiger partial charge on any atom is 0.153 e. The van der Waals surface area contributed by atoms with Crippen molar-refractivity contribution < 1.29 is 5.11 Å². The predicted molar refractivity (Wildman–Crippen MR) is 67.3 cm³/mol. The number of aliphatic hydroxyl groups is 1. The van der Waals surface area contributed by atoms with E-state index in [1.165, 1.54) is 0 Å². The van der Waals surface area contributed by atoms with Crippen LogP contribution in [0.1, 0.15) is 5.69 Å².